The molecule has 0 saturated heterocycles. The minimum Gasteiger partial charge on any atom is -0.308 e. The number of nitrogens with zero attached hydrogens (tertiary/aromatic N) is 2. The van der Waals surface area contributed by atoms with Crippen molar-refractivity contribution in [1.82, 2.24) is 4.57 Å². The number of thiophene rings is 2. The van der Waals surface area contributed by atoms with Crippen LogP contribution >= 0.6 is 22.7 Å². The van der Waals surface area contributed by atoms with Crippen molar-refractivity contribution >= 4 is 90.5 Å². The molecular weight excluding hydrogens is 609 g/mol. The minimum atomic E-state index is 0.701. The van der Waals surface area contributed by atoms with Crippen molar-refractivity contribution in [2.24, 2.45) is 0 Å². The fourth-order valence-electron chi connectivity index (χ4n) is 7.31. The third-order valence-corrected chi connectivity index (χ3v) is 11.8. The summed E-state index contributed by atoms with van der Waals surface area (Å²) in [5.74, 6) is 0. The number of hydrogen-bond donors (Lipinski definition) is 0. The predicted molar refractivity (Wildman–Crippen MR) is 204 cm³/mol. The van der Waals surface area contributed by atoms with Crippen molar-refractivity contribution in [3.05, 3.63) is 157 Å². The molecule has 47 heavy (non-hydrogen) atoms. The molecule has 0 bridgehead atoms. The second kappa shape index (κ2) is 10.1. The lowest BCUT2D eigenvalue weighted by Gasteiger charge is -2.11. The van der Waals surface area contributed by atoms with Crippen molar-refractivity contribution in [2.45, 2.75) is 0 Å². The van der Waals surface area contributed by atoms with Gasteiger partial charge in [0, 0.05) is 41.0 Å². The smallest absolute Gasteiger partial charge is 0.204 e. The van der Waals surface area contributed by atoms with Gasteiger partial charge in [0.25, 0.3) is 0 Å². The molecule has 0 unspecified atom stereocenters. The summed E-state index contributed by atoms with van der Waals surface area (Å²) in [6, 6.07) is 52.4. The van der Waals surface area contributed by atoms with Gasteiger partial charge in [-0.25, -0.2) is 4.85 Å². The zero-order chi connectivity index (χ0) is 31.1. The molecule has 10 aromatic rings. The molecule has 2 nitrogen and oxygen atoms in total. The third-order valence-electron chi connectivity index (χ3n) is 9.44. The van der Waals surface area contributed by atoms with E-state index in [-0.39, 0.29) is 0 Å². The fourth-order valence-corrected chi connectivity index (χ4v) is 9.75. The van der Waals surface area contributed by atoms with Gasteiger partial charge in [-0.15, -0.1) is 22.7 Å². The lowest BCUT2D eigenvalue weighted by atomic mass is 9.97. The van der Waals surface area contributed by atoms with Crippen LogP contribution in [0.1, 0.15) is 0 Å². The molecule has 0 aliphatic rings. The maximum atomic E-state index is 8.09. The molecular formula is C43H24N2S2. The molecule has 7 aromatic carbocycles. The van der Waals surface area contributed by atoms with Gasteiger partial charge in [0.2, 0.25) is 5.69 Å². The quantitative estimate of drug-likeness (QED) is 0.171. The summed E-state index contributed by atoms with van der Waals surface area (Å²) in [6.07, 6.45) is 0. The van der Waals surface area contributed by atoms with Crippen LogP contribution in [0.4, 0.5) is 5.69 Å². The van der Waals surface area contributed by atoms with E-state index in [9.17, 15) is 0 Å². The van der Waals surface area contributed by atoms with E-state index in [0.717, 1.165) is 15.8 Å². The van der Waals surface area contributed by atoms with E-state index in [4.69, 9.17) is 6.57 Å². The molecule has 0 aliphatic heterocycles. The minimum absolute atomic E-state index is 0.701. The van der Waals surface area contributed by atoms with Crippen LogP contribution in [0.25, 0.3) is 94.9 Å². The first kappa shape index (κ1) is 26.5. The molecule has 218 valence electrons. The lowest BCUT2D eigenvalue weighted by molar-refractivity contribution is 1.20. The van der Waals surface area contributed by atoms with Gasteiger partial charge in [-0.2, -0.15) is 0 Å². The number of hydrogen-bond acceptors (Lipinski definition) is 2. The lowest BCUT2D eigenvalue weighted by Crippen LogP contribution is -1.94. The summed E-state index contributed by atoms with van der Waals surface area (Å²) in [5, 5.41) is 7.41. The van der Waals surface area contributed by atoms with Crippen molar-refractivity contribution in [3.8, 4) is 27.9 Å². The van der Waals surface area contributed by atoms with Gasteiger partial charge in [0.1, 0.15) is 0 Å². The normalized spacial score (nSPS) is 11.8. The first-order chi connectivity index (χ1) is 23.3. The van der Waals surface area contributed by atoms with Crippen LogP contribution in [-0.2, 0) is 0 Å². The van der Waals surface area contributed by atoms with Crippen molar-refractivity contribution < 1.29 is 0 Å². The van der Waals surface area contributed by atoms with Crippen LogP contribution in [0, 0.1) is 6.57 Å². The summed E-state index contributed by atoms with van der Waals surface area (Å²) < 4.78 is 7.25. The van der Waals surface area contributed by atoms with Crippen molar-refractivity contribution in [2.75, 3.05) is 0 Å². The molecule has 0 amide bonds. The van der Waals surface area contributed by atoms with Gasteiger partial charge >= 0.3 is 0 Å². The first-order valence-corrected chi connectivity index (χ1v) is 17.3. The van der Waals surface area contributed by atoms with E-state index in [2.05, 4.69) is 149 Å². The second-order valence-electron chi connectivity index (χ2n) is 12.0. The highest BCUT2D eigenvalue weighted by Crippen LogP contribution is 2.48. The van der Waals surface area contributed by atoms with Gasteiger partial charge in [-0.1, -0.05) is 115 Å². The van der Waals surface area contributed by atoms with Gasteiger partial charge in [0.05, 0.1) is 28.0 Å². The highest BCUT2D eigenvalue weighted by atomic mass is 32.1. The summed E-state index contributed by atoms with van der Waals surface area (Å²) in [5.41, 5.74) is 8.95. The average Bonchev–Trinajstić information content (AvgIpc) is 3.81. The number of aromatic nitrogens is 1. The fraction of sp³-hybridized carbons (Fsp3) is 0. The summed E-state index contributed by atoms with van der Waals surface area (Å²) in [6.45, 7) is 8.09. The van der Waals surface area contributed by atoms with Crippen LogP contribution in [0.15, 0.2) is 146 Å². The van der Waals surface area contributed by atoms with E-state index < -0.39 is 0 Å². The van der Waals surface area contributed by atoms with Crippen LogP contribution in [-0.4, -0.2) is 4.57 Å². The SMILES string of the molecule is [C-]#[N+]c1ccc(-c2ccc3c(c2)sc2ccccc23)c2c1sc1c(-n3c4ccccc4c4ccc(-c5ccccc5)cc43)cccc12. The van der Waals surface area contributed by atoms with E-state index in [1.807, 2.05) is 17.4 Å². The molecule has 4 heteroatoms. The molecule has 3 heterocycles. The first-order valence-electron chi connectivity index (χ1n) is 15.6. The molecule has 0 saturated carbocycles. The Bertz CT molecular complexity index is 2920. The van der Waals surface area contributed by atoms with E-state index in [0.29, 0.717) is 5.69 Å². The Morgan fingerprint density at radius 1 is 0.468 bits per heavy atom. The van der Waals surface area contributed by atoms with Crippen LogP contribution in [0.5, 0.6) is 0 Å². The average molecular weight is 633 g/mol. The largest absolute Gasteiger partial charge is 0.308 e. The number of fused-ring (bicyclic) bond motifs is 9. The Hall–Kier alpha value is -5.73. The van der Waals surface area contributed by atoms with Crippen LogP contribution < -0.4 is 0 Å². The predicted octanol–water partition coefficient (Wildman–Crippen LogP) is 13.4. The Morgan fingerprint density at radius 2 is 1.19 bits per heavy atom. The number of para-hydroxylation sites is 1. The zero-order valence-corrected chi connectivity index (χ0v) is 26.7. The maximum absolute atomic E-state index is 8.09. The molecule has 0 atom stereocenters. The molecule has 0 N–H and O–H groups in total. The van der Waals surface area contributed by atoms with Gasteiger partial charge in [0.15, 0.2) is 0 Å². The summed E-state index contributed by atoms with van der Waals surface area (Å²) >= 11 is 3.58. The summed E-state index contributed by atoms with van der Waals surface area (Å²) in [4.78, 5) is 4.00. The van der Waals surface area contributed by atoms with E-state index >= 15 is 0 Å². The molecule has 0 aliphatic carbocycles. The Kier molecular flexibility index (Phi) is 5.71. The number of benzene rings is 7. The Morgan fingerprint density at radius 3 is 2.09 bits per heavy atom. The van der Waals surface area contributed by atoms with Gasteiger partial charge in [-0.3, -0.25) is 0 Å². The number of rotatable bonds is 3. The second-order valence-corrected chi connectivity index (χ2v) is 14.1. The topological polar surface area (TPSA) is 9.29 Å². The monoisotopic (exact) mass is 632 g/mol. The van der Waals surface area contributed by atoms with Crippen LogP contribution in [0.3, 0.4) is 0 Å². The molecule has 0 radical (unpaired) electrons. The Balaban J connectivity index is 1.27. The highest BCUT2D eigenvalue weighted by Gasteiger charge is 2.20. The molecule has 0 fully saturated rings. The van der Waals surface area contributed by atoms with E-state index in [1.165, 1.54) is 74.3 Å². The van der Waals surface area contributed by atoms with Gasteiger partial charge in [-0.05, 0) is 58.0 Å². The molecule has 10 rings (SSSR count). The molecule has 3 aromatic heterocycles. The molecule has 0 spiro atoms. The Labute approximate surface area is 278 Å². The summed E-state index contributed by atoms with van der Waals surface area (Å²) in [7, 11) is 0. The van der Waals surface area contributed by atoms with E-state index in [1.54, 1.807) is 11.3 Å². The zero-order valence-electron chi connectivity index (χ0n) is 25.1. The standard InChI is InChI=1S/C43H24N2S2/c1-44-35-23-22-29(28-19-21-33-32-13-6-8-17-39(32)46-40(33)25-28)41-34-14-9-16-37(42(34)47-43(35)41)45-36-15-7-5-12-30(36)31-20-18-27(24-38(31)45)26-10-3-2-4-11-26/h2-25H. The third kappa shape index (κ3) is 3.88. The van der Waals surface area contributed by atoms with Crippen LogP contribution in [0.2, 0.25) is 0 Å². The van der Waals surface area contributed by atoms with Gasteiger partial charge < -0.3 is 4.57 Å². The maximum Gasteiger partial charge on any atom is 0.204 e. The van der Waals surface area contributed by atoms with Crippen molar-refractivity contribution in [3.63, 3.8) is 0 Å². The van der Waals surface area contributed by atoms with Crippen molar-refractivity contribution in [1.29, 1.82) is 0 Å². The highest BCUT2D eigenvalue weighted by molar-refractivity contribution is 7.27.